The van der Waals surface area contributed by atoms with Crippen LogP contribution in [0.3, 0.4) is 0 Å². The number of amides is 1. The summed E-state index contributed by atoms with van der Waals surface area (Å²) in [5.41, 5.74) is 4.62. The smallest absolute Gasteiger partial charge is 0.276 e. The zero-order chi connectivity index (χ0) is 24.7. The molecule has 1 aliphatic heterocycles. The topological polar surface area (TPSA) is 143 Å². The molecule has 1 saturated carbocycles. The van der Waals surface area contributed by atoms with Crippen molar-refractivity contribution >= 4 is 17.3 Å². The molecule has 1 amide bonds. The molecule has 2 aromatic heterocycles. The number of halogens is 2. The van der Waals surface area contributed by atoms with Crippen LogP contribution in [-0.2, 0) is 4.74 Å². The Kier molecular flexibility index (Phi) is 5.91. The van der Waals surface area contributed by atoms with Gasteiger partial charge in [0.05, 0.1) is 47.6 Å². The van der Waals surface area contributed by atoms with Crippen molar-refractivity contribution in [2.45, 2.75) is 49.6 Å². The van der Waals surface area contributed by atoms with Gasteiger partial charge < -0.3 is 26.0 Å². The monoisotopic (exact) mass is 483 g/mol. The van der Waals surface area contributed by atoms with Gasteiger partial charge in [-0.3, -0.25) is 9.78 Å². The summed E-state index contributed by atoms with van der Waals surface area (Å²) in [6, 6.07) is 4.98. The van der Waals surface area contributed by atoms with Crippen molar-refractivity contribution < 1.29 is 28.5 Å². The second-order valence-electron chi connectivity index (χ2n) is 8.76. The van der Waals surface area contributed by atoms with Crippen LogP contribution in [0, 0.1) is 11.6 Å². The fourth-order valence-corrected chi connectivity index (χ4v) is 4.79. The summed E-state index contributed by atoms with van der Waals surface area (Å²) in [7, 11) is 0. The van der Waals surface area contributed by atoms with E-state index in [9.17, 15) is 23.8 Å². The Bertz CT molecular complexity index is 1270. The lowest BCUT2D eigenvalue weighted by Crippen LogP contribution is -2.54. The Hall–Kier alpha value is -3.54. The first-order valence-electron chi connectivity index (χ1n) is 11.2. The van der Waals surface area contributed by atoms with Crippen molar-refractivity contribution in [2.24, 2.45) is 0 Å². The van der Waals surface area contributed by atoms with Crippen molar-refractivity contribution in [3.63, 3.8) is 0 Å². The standard InChI is InChI=1S/C24H23F2N5O4/c25-13-3-1-4-14(26)20(13)22-29-10-15(27)21(31-22)23(33)30-16-11-28-8-6-12(16)17-9-18(32)24(34)7-2-5-19(24)35-17/h1,3-4,6,8,10-11,17-19,32,34H,2,5,7,9,27H2,(H,30,33). The zero-order valence-corrected chi connectivity index (χ0v) is 18.5. The van der Waals surface area contributed by atoms with Gasteiger partial charge in [-0.15, -0.1) is 0 Å². The summed E-state index contributed by atoms with van der Waals surface area (Å²) in [5, 5.41) is 24.0. The molecule has 5 rings (SSSR count). The number of anilines is 2. The van der Waals surface area contributed by atoms with Gasteiger partial charge in [0.25, 0.3) is 5.91 Å². The molecule has 3 heterocycles. The number of fused-ring (bicyclic) bond motifs is 1. The normalized spacial score (nSPS) is 25.8. The molecule has 1 aromatic carbocycles. The van der Waals surface area contributed by atoms with Crippen LogP contribution in [-0.4, -0.2) is 48.9 Å². The number of hydrogen-bond acceptors (Lipinski definition) is 8. The van der Waals surface area contributed by atoms with Gasteiger partial charge >= 0.3 is 0 Å². The molecule has 3 aromatic rings. The molecule has 0 radical (unpaired) electrons. The molecule has 4 unspecified atom stereocenters. The Balaban J connectivity index is 1.43. The van der Waals surface area contributed by atoms with Crippen LogP contribution in [0.25, 0.3) is 11.4 Å². The van der Waals surface area contributed by atoms with Crippen molar-refractivity contribution in [3.05, 3.63) is 65.7 Å². The fourth-order valence-electron chi connectivity index (χ4n) is 4.79. The lowest BCUT2D eigenvalue weighted by atomic mass is 9.84. The molecular weight excluding hydrogens is 460 g/mol. The largest absolute Gasteiger partial charge is 0.396 e. The van der Waals surface area contributed by atoms with E-state index in [0.29, 0.717) is 18.4 Å². The van der Waals surface area contributed by atoms with Crippen molar-refractivity contribution in [3.8, 4) is 11.4 Å². The van der Waals surface area contributed by atoms with Crippen molar-refractivity contribution in [1.82, 2.24) is 15.0 Å². The first kappa shape index (κ1) is 23.2. The maximum Gasteiger partial charge on any atom is 0.276 e. The first-order chi connectivity index (χ1) is 16.8. The van der Waals surface area contributed by atoms with E-state index in [-0.39, 0.29) is 29.3 Å². The molecule has 9 nitrogen and oxygen atoms in total. The summed E-state index contributed by atoms with van der Waals surface area (Å²) in [6.45, 7) is 0. The molecular formula is C24H23F2N5O4. The van der Waals surface area contributed by atoms with Crippen molar-refractivity contribution in [2.75, 3.05) is 11.1 Å². The quantitative estimate of drug-likeness (QED) is 0.444. The number of carbonyl (C=O) groups excluding carboxylic acids is 1. The number of nitrogen functional groups attached to an aromatic ring is 1. The number of pyridine rings is 1. The number of aliphatic hydroxyl groups excluding tert-OH is 1. The molecule has 35 heavy (non-hydrogen) atoms. The molecule has 182 valence electrons. The predicted molar refractivity (Wildman–Crippen MR) is 121 cm³/mol. The third kappa shape index (κ3) is 4.11. The number of hydrogen-bond donors (Lipinski definition) is 4. The second-order valence-corrected chi connectivity index (χ2v) is 8.76. The highest BCUT2D eigenvalue weighted by Crippen LogP contribution is 2.46. The van der Waals surface area contributed by atoms with Crippen LogP contribution in [0.2, 0.25) is 0 Å². The number of carbonyl (C=O) groups is 1. The lowest BCUT2D eigenvalue weighted by molar-refractivity contribution is -0.215. The molecule has 5 N–H and O–H groups in total. The van der Waals surface area contributed by atoms with E-state index in [1.54, 1.807) is 6.07 Å². The van der Waals surface area contributed by atoms with E-state index in [4.69, 9.17) is 10.5 Å². The molecule has 0 bridgehead atoms. The third-order valence-electron chi connectivity index (χ3n) is 6.61. The van der Waals surface area contributed by atoms with Gasteiger partial charge in [-0.2, -0.15) is 0 Å². The molecule has 11 heteroatoms. The number of ether oxygens (including phenoxy) is 1. The summed E-state index contributed by atoms with van der Waals surface area (Å²) in [4.78, 5) is 25.0. The number of aliphatic hydroxyl groups is 2. The van der Waals surface area contributed by atoms with E-state index in [0.717, 1.165) is 24.8 Å². The van der Waals surface area contributed by atoms with Gasteiger partial charge in [-0.05, 0) is 37.5 Å². The third-order valence-corrected chi connectivity index (χ3v) is 6.61. The summed E-state index contributed by atoms with van der Waals surface area (Å²) in [5.74, 6) is -2.83. The van der Waals surface area contributed by atoms with Gasteiger partial charge in [0, 0.05) is 18.2 Å². The highest BCUT2D eigenvalue weighted by atomic mass is 19.1. The minimum atomic E-state index is -1.28. The van der Waals surface area contributed by atoms with E-state index in [1.807, 2.05) is 0 Å². The lowest BCUT2D eigenvalue weighted by Gasteiger charge is -2.43. The van der Waals surface area contributed by atoms with Crippen LogP contribution >= 0.6 is 0 Å². The van der Waals surface area contributed by atoms with Gasteiger partial charge in [0.2, 0.25) is 0 Å². The van der Waals surface area contributed by atoms with E-state index in [2.05, 4.69) is 20.3 Å². The van der Waals surface area contributed by atoms with Gasteiger partial charge in [-0.1, -0.05) is 6.07 Å². The Labute approximate surface area is 199 Å². The number of nitrogens with one attached hydrogen (secondary N) is 1. The average Bonchev–Trinajstić information content (AvgIpc) is 3.22. The minimum absolute atomic E-state index is 0.0891. The van der Waals surface area contributed by atoms with Crippen LogP contribution < -0.4 is 11.1 Å². The average molecular weight is 483 g/mol. The van der Waals surface area contributed by atoms with Crippen molar-refractivity contribution in [1.29, 1.82) is 0 Å². The molecule has 2 aliphatic rings. The SMILES string of the molecule is Nc1cnc(-c2c(F)cccc2F)nc1C(=O)Nc1cnccc1C1CC(O)C2(O)CCCC2O1. The van der Waals surface area contributed by atoms with E-state index >= 15 is 0 Å². The molecule has 4 atom stereocenters. The summed E-state index contributed by atoms with van der Waals surface area (Å²) >= 11 is 0. The highest BCUT2D eigenvalue weighted by Gasteiger charge is 2.52. The van der Waals surface area contributed by atoms with Gasteiger partial charge in [0.1, 0.15) is 17.2 Å². The Morgan fingerprint density at radius 1 is 1.23 bits per heavy atom. The summed E-state index contributed by atoms with van der Waals surface area (Å²) < 4.78 is 34.5. The van der Waals surface area contributed by atoms with Crippen LogP contribution in [0.4, 0.5) is 20.2 Å². The number of nitrogens with zero attached hydrogens (tertiary/aromatic N) is 3. The molecule has 1 saturated heterocycles. The van der Waals surface area contributed by atoms with E-state index in [1.165, 1.54) is 18.5 Å². The number of rotatable bonds is 4. The molecule has 0 spiro atoms. The Morgan fingerprint density at radius 3 is 2.77 bits per heavy atom. The van der Waals surface area contributed by atoms with Crippen LogP contribution in [0.1, 0.15) is 47.8 Å². The van der Waals surface area contributed by atoms with Gasteiger partial charge in [-0.25, -0.2) is 18.7 Å². The van der Waals surface area contributed by atoms with Crippen LogP contribution in [0.5, 0.6) is 0 Å². The number of benzene rings is 1. The van der Waals surface area contributed by atoms with E-state index < -0.39 is 47.0 Å². The Morgan fingerprint density at radius 2 is 2.00 bits per heavy atom. The number of aromatic nitrogens is 3. The minimum Gasteiger partial charge on any atom is -0.396 e. The van der Waals surface area contributed by atoms with Crippen LogP contribution in [0.15, 0.2) is 42.9 Å². The fraction of sp³-hybridized carbons (Fsp3) is 0.333. The highest BCUT2D eigenvalue weighted by molar-refractivity contribution is 6.06. The zero-order valence-electron chi connectivity index (χ0n) is 18.5. The number of nitrogens with two attached hydrogens (primary N) is 1. The van der Waals surface area contributed by atoms with Gasteiger partial charge in [0.15, 0.2) is 11.5 Å². The summed E-state index contributed by atoms with van der Waals surface area (Å²) in [6.07, 6.45) is 3.88. The molecule has 1 aliphatic carbocycles. The first-order valence-corrected chi connectivity index (χ1v) is 11.2. The maximum absolute atomic E-state index is 14.2. The second kappa shape index (κ2) is 8.91. The maximum atomic E-state index is 14.2. The predicted octanol–water partition coefficient (Wildman–Crippen LogP) is 2.76. The molecule has 2 fully saturated rings.